The number of benzene rings is 3. The van der Waals surface area contributed by atoms with E-state index < -0.39 is 39.5 Å². The van der Waals surface area contributed by atoms with Gasteiger partial charge in [-0.2, -0.15) is 17.9 Å². The summed E-state index contributed by atoms with van der Waals surface area (Å²) in [4.78, 5) is 12.8. The Kier molecular flexibility index (Phi) is 8.59. The third-order valence-electron chi connectivity index (χ3n) is 4.95. The van der Waals surface area contributed by atoms with E-state index in [-0.39, 0.29) is 27.8 Å². The fourth-order valence-electron chi connectivity index (χ4n) is 3.26. The zero-order valence-corrected chi connectivity index (χ0v) is 20.3. The molecular formula is C24H21ClF4N2O4S. The highest BCUT2D eigenvalue weighted by Gasteiger charge is 2.35. The molecule has 36 heavy (non-hydrogen) atoms. The van der Waals surface area contributed by atoms with Crippen LogP contribution in [0.5, 0.6) is 5.75 Å². The number of carbonyl (C=O) groups excluding carboxylic acids is 1. The van der Waals surface area contributed by atoms with Crippen molar-refractivity contribution in [1.82, 2.24) is 4.72 Å². The van der Waals surface area contributed by atoms with Gasteiger partial charge in [-0.1, -0.05) is 41.9 Å². The van der Waals surface area contributed by atoms with Gasteiger partial charge in [0.1, 0.15) is 17.6 Å². The number of hydrogen-bond acceptors (Lipinski definition) is 4. The van der Waals surface area contributed by atoms with Gasteiger partial charge in [-0.05, 0) is 55.3 Å². The minimum atomic E-state index is -4.98. The maximum Gasteiger partial charge on any atom is 0.419 e. The summed E-state index contributed by atoms with van der Waals surface area (Å²) in [6.45, 7) is 2.04. The van der Waals surface area contributed by atoms with Crippen LogP contribution < -0.4 is 14.8 Å². The number of carbonyl (C=O) groups is 1. The number of hydrogen-bond donors (Lipinski definition) is 2. The highest BCUT2D eigenvalue weighted by molar-refractivity contribution is 7.89. The average Bonchev–Trinajstić information content (AvgIpc) is 2.81. The lowest BCUT2D eigenvalue weighted by atomic mass is 10.1. The molecule has 1 unspecified atom stereocenters. The minimum absolute atomic E-state index is 0.0368. The number of ether oxygens (including phenoxy) is 1. The van der Waals surface area contributed by atoms with Crippen molar-refractivity contribution in [2.45, 2.75) is 30.5 Å². The largest absolute Gasteiger partial charge is 0.492 e. The van der Waals surface area contributed by atoms with Gasteiger partial charge in [-0.25, -0.2) is 12.8 Å². The maximum atomic E-state index is 13.6. The SMILES string of the molecule is CCOc1ccc(S(=O)(=O)NC(Cc2ccccc2)C(=O)Nc2ccc(F)c(C(F)(F)F)c2)cc1Cl. The summed E-state index contributed by atoms with van der Waals surface area (Å²) < 4.78 is 86.5. The van der Waals surface area contributed by atoms with Crippen molar-refractivity contribution in [3.63, 3.8) is 0 Å². The van der Waals surface area contributed by atoms with Crippen molar-refractivity contribution in [2.24, 2.45) is 0 Å². The standard InChI is InChI=1S/C24H21ClF4N2O4S/c1-2-35-22-11-9-17(14-19(22)25)36(33,34)31-21(12-15-6-4-3-5-7-15)23(32)30-16-8-10-20(26)18(13-16)24(27,28)29/h3-11,13-14,21,31H,2,12H2,1H3,(H,30,32). The third-order valence-corrected chi connectivity index (χ3v) is 6.71. The molecule has 0 aromatic heterocycles. The number of anilines is 1. The van der Waals surface area contributed by atoms with E-state index in [1.807, 2.05) is 0 Å². The highest BCUT2D eigenvalue weighted by atomic mass is 35.5. The molecule has 12 heteroatoms. The van der Waals surface area contributed by atoms with Gasteiger partial charge < -0.3 is 10.1 Å². The second-order valence-corrected chi connectivity index (χ2v) is 9.69. The van der Waals surface area contributed by atoms with Crippen LogP contribution in [0.2, 0.25) is 5.02 Å². The summed E-state index contributed by atoms with van der Waals surface area (Å²) in [7, 11) is -4.30. The van der Waals surface area contributed by atoms with Gasteiger partial charge >= 0.3 is 6.18 Å². The number of alkyl halides is 3. The van der Waals surface area contributed by atoms with Crippen molar-refractivity contribution in [3.05, 3.63) is 88.7 Å². The topological polar surface area (TPSA) is 84.5 Å². The van der Waals surface area contributed by atoms with E-state index in [0.29, 0.717) is 24.3 Å². The van der Waals surface area contributed by atoms with Crippen LogP contribution in [0.15, 0.2) is 71.6 Å². The Balaban J connectivity index is 1.90. The van der Waals surface area contributed by atoms with E-state index >= 15 is 0 Å². The van der Waals surface area contributed by atoms with Crippen molar-refractivity contribution in [3.8, 4) is 5.75 Å². The second-order valence-electron chi connectivity index (χ2n) is 7.57. The number of halogens is 5. The third kappa shape index (κ3) is 6.96. The fourth-order valence-corrected chi connectivity index (χ4v) is 4.78. The first-order chi connectivity index (χ1) is 16.9. The average molecular weight is 545 g/mol. The lowest BCUT2D eigenvalue weighted by Crippen LogP contribution is -2.45. The molecule has 3 aromatic rings. The van der Waals surface area contributed by atoms with Crippen LogP contribution >= 0.6 is 11.6 Å². The molecule has 2 N–H and O–H groups in total. The number of rotatable bonds is 9. The minimum Gasteiger partial charge on any atom is -0.492 e. The molecule has 0 heterocycles. The molecule has 0 saturated heterocycles. The van der Waals surface area contributed by atoms with Crippen molar-refractivity contribution in [2.75, 3.05) is 11.9 Å². The van der Waals surface area contributed by atoms with Crippen LogP contribution in [0, 0.1) is 5.82 Å². The van der Waals surface area contributed by atoms with Crippen LogP contribution in [0.3, 0.4) is 0 Å². The van der Waals surface area contributed by atoms with Gasteiger partial charge in [0.15, 0.2) is 0 Å². The smallest absolute Gasteiger partial charge is 0.419 e. The first kappa shape index (κ1) is 27.4. The lowest BCUT2D eigenvalue weighted by molar-refractivity contribution is -0.140. The Morgan fingerprint density at radius 3 is 2.36 bits per heavy atom. The van der Waals surface area contributed by atoms with Gasteiger partial charge in [0.2, 0.25) is 15.9 Å². The van der Waals surface area contributed by atoms with E-state index in [1.54, 1.807) is 37.3 Å². The predicted molar refractivity (Wildman–Crippen MR) is 127 cm³/mol. The van der Waals surface area contributed by atoms with E-state index in [4.69, 9.17) is 16.3 Å². The van der Waals surface area contributed by atoms with Gasteiger partial charge in [0.25, 0.3) is 0 Å². The molecule has 3 aromatic carbocycles. The lowest BCUT2D eigenvalue weighted by Gasteiger charge is -2.20. The van der Waals surface area contributed by atoms with Gasteiger partial charge in [0, 0.05) is 5.69 Å². The first-order valence-electron chi connectivity index (χ1n) is 10.6. The number of nitrogens with one attached hydrogen (secondary N) is 2. The maximum absolute atomic E-state index is 13.6. The predicted octanol–water partition coefficient (Wildman–Crippen LogP) is 5.42. The second kappa shape index (κ2) is 11.3. The molecule has 0 fully saturated rings. The Hall–Kier alpha value is -3.15. The van der Waals surface area contributed by atoms with Gasteiger partial charge in [-0.3, -0.25) is 4.79 Å². The molecule has 0 aliphatic heterocycles. The summed E-state index contributed by atoms with van der Waals surface area (Å²) >= 11 is 6.10. The summed E-state index contributed by atoms with van der Waals surface area (Å²) in [5.41, 5.74) is -1.33. The molecule has 192 valence electrons. The van der Waals surface area contributed by atoms with Crippen LogP contribution in [0.4, 0.5) is 23.2 Å². The normalized spacial score (nSPS) is 12.7. The molecule has 1 amide bonds. The molecule has 0 radical (unpaired) electrons. The van der Waals surface area contributed by atoms with E-state index in [0.717, 1.165) is 12.1 Å². The van der Waals surface area contributed by atoms with Crippen LogP contribution in [0.25, 0.3) is 0 Å². The Bertz CT molecular complexity index is 1340. The molecule has 0 saturated carbocycles. The Morgan fingerprint density at radius 1 is 1.06 bits per heavy atom. The van der Waals surface area contributed by atoms with E-state index in [1.165, 1.54) is 12.1 Å². The molecular weight excluding hydrogens is 524 g/mol. The van der Waals surface area contributed by atoms with Gasteiger partial charge in [-0.15, -0.1) is 0 Å². The molecule has 6 nitrogen and oxygen atoms in total. The fraction of sp³-hybridized carbons (Fsp3) is 0.208. The quantitative estimate of drug-likeness (QED) is 0.352. The Morgan fingerprint density at radius 2 is 1.75 bits per heavy atom. The van der Waals surface area contributed by atoms with Crippen LogP contribution in [-0.2, 0) is 27.4 Å². The first-order valence-corrected chi connectivity index (χ1v) is 12.4. The number of sulfonamides is 1. The number of amides is 1. The van der Waals surface area contributed by atoms with Crippen LogP contribution in [0.1, 0.15) is 18.1 Å². The van der Waals surface area contributed by atoms with Gasteiger partial charge in [0.05, 0.1) is 22.1 Å². The van der Waals surface area contributed by atoms with Crippen molar-refractivity contribution < 1.29 is 35.5 Å². The molecule has 1 atom stereocenters. The Labute approximate surface area is 210 Å². The monoisotopic (exact) mass is 544 g/mol. The zero-order chi connectivity index (χ0) is 26.5. The summed E-state index contributed by atoms with van der Waals surface area (Å²) in [6, 6.07) is 12.7. The summed E-state index contributed by atoms with van der Waals surface area (Å²) in [5, 5.41) is 2.27. The van der Waals surface area contributed by atoms with E-state index in [2.05, 4.69) is 10.0 Å². The molecule has 0 bridgehead atoms. The van der Waals surface area contributed by atoms with Crippen molar-refractivity contribution >= 4 is 33.2 Å². The summed E-state index contributed by atoms with van der Waals surface area (Å²) in [5.74, 6) is -2.18. The zero-order valence-electron chi connectivity index (χ0n) is 18.8. The van der Waals surface area contributed by atoms with Crippen molar-refractivity contribution in [1.29, 1.82) is 0 Å². The molecule has 3 rings (SSSR count). The van der Waals surface area contributed by atoms with E-state index in [9.17, 15) is 30.8 Å². The highest BCUT2D eigenvalue weighted by Crippen LogP contribution is 2.33. The van der Waals surface area contributed by atoms with Crippen LogP contribution in [-0.4, -0.2) is 27.0 Å². The molecule has 0 aliphatic rings. The molecule has 0 aliphatic carbocycles. The molecule has 0 spiro atoms. The summed E-state index contributed by atoms with van der Waals surface area (Å²) in [6.07, 6.45) is -5.10.